The topological polar surface area (TPSA) is 109 Å². The standard InChI is InChI=1S/C17H16N4O5/c1-3-23-17(22)14-13-15(18-9(2)19-16(13)26-21-14)20-10-4-5-11-12(8-10)25-7-6-24-11/h4-5,8H,3,6-7H2,1-2H3,(H,18,19,20). The molecular formula is C17H16N4O5. The van der Waals surface area contributed by atoms with Crippen molar-refractivity contribution in [2.45, 2.75) is 13.8 Å². The Hall–Kier alpha value is -3.36. The molecule has 0 spiro atoms. The van der Waals surface area contributed by atoms with Crippen molar-refractivity contribution in [2.75, 3.05) is 25.1 Å². The second kappa shape index (κ2) is 6.51. The molecule has 1 aliphatic rings. The molecule has 0 fully saturated rings. The fourth-order valence-corrected chi connectivity index (χ4v) is 2.65. The number of aryl methyl sites for hydroxylation is 1. The van der Waals surface area contributed by atoms with Crippen molar-refractivity contribution >= 4 is 28.6 Å². The molecule has 4 rings (SSSR count). The summed E-state index contributed by atoms with van der Waals surface area (Å²) >= 11 is 0. The summed E-state index contributed by atoms with van der Waals surface area (Å²) < 4.78 is 21.3. The second-order valence-corrected chi connectivity index (χ2v) is 5.53. The van der Waals surface area contributed by atoms with Crippen LogP contribution in [0, 0.1) is 6.92 Å². The molecule has 1 N–H and O–H groups in total. The van der Waals surface area contributed by atoms with Gasteiger partial charge < -0.3 is 24.1 Å². The van der Waals surface area contributed by atoms with E-state index in [1.165, 1.54) is 0 Å². The molecule has 26 heavy (non-hydrogen) atoms. The molecule has 134 valence electrons. The maximum absolute atomic E-state index is 12.1. The van der Waals surface area contributed by atoms with E-state index < -0.39 is 5.97 Å². The highest BCUT2D eigenvalue weighted by molar-refractivity contribution is 6.05. The minimum atomic E-state index is -0.594. The molecule has 0 radical (unpaired) electrons. The van der Waals surface area contributed by atoms with Gasteiger partial charge in [0.25, 0.3) is 5.71 Å². The molecule has 9 nitrogen and oxygen atoms in total. The van der Waals surface area contributed by atoms with Crippen molar-refractivity contribution in [2.24, 2.45) is 0 Å². The number of nitrogens with one attached hydrogen (secondary N) is 1. The highest BCUT2D eigenvalue weighted by atomic mass is 16.6. The predicted molar refractivity (Wildman–Crippen MR) is 91.0 cm³/mol. The van der Waals surface area contributed by atoms with Gasteiger partial charge in [-0.3, -0.25) is 0 Å². The fourth-order valence-electron chi connectivity index (χ4n) is 2.65. The third kappa shape index (κ3) is 2.87. The highest BCUT2D eigenvalue weighted by Crippen LogP contribution is 2.34. The van der Waals surface area contributed by atoms with Crippen molar-refractivity contribution < 1.29 is 23.5 Å². The summed E-state index contributed by atoms with van der Waals surface area (Å²) in [4.78, 5) is 20.7. The second-order valence-electron chi connectivity index (χ2n) is 5.53. The lowest BCUT2D eigenvalue weighted by Crippen LogP contribution is -2.15. The van der Waals surface area contributed by atoms with Gasteiger partial charge in [-0.05, 0) is 26.0 Å². The van der Waals surface area contributed by atoms with E-state index >= 15 is 0 Å². The monoisotopic (exact) mass is 356 g/mol. The van der Waals surface area contributed by atoms with Gasteiger partial charge in [0.1, 0.15) is 30.2 Å². The van der Waals surface area contributed by atoms with Gasteiger partial charge in [0.2, 0.25) is 5.69 Å². The number of ether oxygens (including phenoxy) is 3. The Morgan fingerprint density at radius 3 is 2.85 bits per heavy atom. The van der Waals surface area contributed by atoms with Gasteiger partial charge in [-0.15, -0.1) is 0 Å². The number of anilines is 2. The smallest absolute Gasteiger partial charge is 0.361 e. The molecule has 9 heteroatoms. The zero-order valence-electron chi connectivity index (χ0n) is 14.2. The van der Waals surface area contributed by atoms with E-state index in [0.717, 1.165) is 0 Å². The zero-order valence-corrected chi connectivity index (χ0v) is 14.2. The summed E-state index contributed by atoms with van der Waals surface area (Å²) in [5.41, 5.74) is 0.951. The Morgan fingerprint density at radius 1 is 1.23 bits per heavy atom. The van der Waals surface area contributed by atoms with E-state index in [1.54, 1.807) is 19.9 Å². The van der Waals surface area contributed by atoms with Crippen LogP contribution in [0.15, 0.2) is 22.7 Å². The molecule has 0 saturated heterocycles. The van der Waals surface area contributed by atoms with Crippen LogP contribution in [0.3, 0.4) is 0 Å². The van der Waals surface area contributed by atoms with Crippen LogP contribution < -0.4 is 14.8 Å². The number of hydrogen-bond acceptors (Lipinski definition) is 9. The number of hydrogen-bond donors (Lipinski definition) is 1. The molecule has 2 aromatic heterocycles. The maximum Gasteiger partial charge on any atom is 0.361 e. The van der Waals surface area contributed by atoms with Gasteiger partial charge in [-0.25, -0.2) is 9.78 Å². The molecule has 0 unspecified atom stereocenters. The normalized spacial score (nSPS) is 12.8. The van der Waals surface area contributed by atoms with E-state index in [-0.39, 0.29) is 18.0 Å². The van der Waals surface area contributed by atoms with Crippen LogP contribution in [0.2, 0.25) is 0 Å². The van der Waals surface area contributed by atoms with Gasteiger partial charge in [-0.1, -0.05) is 5.16 Å². The number of aromatic nitrogens is 3. The van der Waals surface area contributed by atoms with Gasteiger partial charge in [0, 0.05) is 11.8 Å². The van der Waals surface area contributed by atoms with E-state index in [9.17, 15) is 4.79 Å². The first-order valence-electron chi connectivity index (χ1n) is 8.13. The van der Waals surface area contributed by atoms with Crippen molar-refractivity contribution in [3.63, 3.8) is 0 Å². The molecule has 0 aliphatic carbocycles. The summed E-state index contributed by atoms with van der Waals surface area (Å²) in [6.07, 6.45) is 0. The summed E-state index contributed by atoms with van der Waals surface area (Å²) in [5, 5.41) is 7.32. The SMILES string of the molecule is CCOC(=O)c1noc2nc(C)nc(Nc3ccc4c(c3)OCCO4)c12. The summed E-state index contributed by atoms with van der Waals surface area (Å²) in [5.74, 6) is 1.60. The Kier molecular flexibility index (Phi) is 4.04. The van der Waals surface area contributed by atoms with Crippen molar-refractivity contribution in [1.82, 2.24) is 15.1 Å². The lowest BCUT2D eigenvalue weighted by Gasteiger charge is -2.19. The molecule has 1 aliphatic heterocycles. The van der Waals surface area contributed by atoms with Crippen molar-refractivity contribution in [3.8, 4) is 11.5 Å². The largest absolute Gasteiger partial charge is 0.486 e. The molecule has 0 amide bonds. The van der Waals surface area contributed by atoms with Gasteiger partial charge in [0.15, 0.2) is 11.5 Å². The Balaban J connectivity index is 1.75. The first-order chi connectivity index (χ1) is 12.7. The number of carbonyl (C=O) groups excluding carboxylic acids is 1. The van der Waals surface area contributed by atoms with Crippen LogP contribution in [0.4, 0.5) is 11.5 Å². The minimum absolute atomic E-state index is 0.0295. The number of fused-ring (bicyclic) bond motifs is 2. The van der Waals surface area contributed by atoms with Crippen LogP contribution in [0.5, 0.6) is 11.5 Å². The van der Waals surface area contributed by atoms with Gasteiger partial charge >= 0.3 is 5.97 Å². The summed E-state index contributed by atoms with van der Waals surface area (Å²) in [7, 11) is 0. The number of carbonyl (C=O) groups is 1. The third-order valence-corrected chi connectivity index (χ3v) is 3.72. The lowest BCUT2D eigenvalue weighted by molar-refractivity contribution is 0.0517. The molecule has 0 bridgehead atoms. The quantitative estimate of drug-likeness (QED) is 0.705. The number of esters is 1. The molecule has 3 aromatic rings. The van der Waals surface area contributed by atoms with E-state index in [4.69, 9.17) is 18.7 Å². The molecular weight excluding hydrogens is 340 g/mol. The summed E-state index contributed by atoms with van der Waals surface area (Å²) in [6.45, 7) is 4.68. The maximum atomic E-state index is 12.1. The minimum Gasteiger partial charge on any atom is -0.486 e. The number of benzene rings is 1. The Bertz CT molecular complexity index is 985. The number of nitrogens with zero attached hydrogens (tertiary/aromatic N) is 3. The zero-order chi connectivity index (χ0) is 18.1. The fraction of sp³-hybridized carbons (Fsp3) is 0.294. The third-order valence-electron chi connectivity index (χ3n) is 3.72. The van der Waals surface area contributed by atoms with E-state index in [1.807, 2.05) is 12.1 Å². The molecule has 0 saturated carbocycles. The van der Waals surface area contributed by atoms with E-state index in [2.05, 4.69) is 20.4 Å². The van der Waals surface area contributed by atoms with Gasteiger partial charge in [-0.2, -0.15) is 4.98 Å². The first-order valence-corrected chi connectivity index (χ1v) is 8.13. The Labute approximate surface area is 148 Å². The van der Waals surface area contributed by atoms with Crippen LogP contribution >= 0.6 is 0 Å². The van der Waals surface area contributed by atoms with Crippen LogP contribution in [-0.2, 0) is 4.74 Å². The van der Waals surface area contributed by atoms with Crippen LogP contribution in [0.1, 0.15) is 23.2 Å². The highest BCUT2D eigenvalue weighted by Gasteiger charge is 2.23. The van der Waals surface area contributed by atoms with Crippen LogP contribution in [0.25, 0.3) is 11.1 Å². The van der Waals surface area contributed by atoms with Crippen molar-refractivity contribution in [1.29, 1.82) is 0 Å². The molecule has 3 heterocycles. The predicted octanol–water partition coefficient (Wildman–Crippen LogP) is 2.62. The summed E-state index contributed by atoms with van der Waals surface area (Å²) in [6, 6.07) is 5.44. The van der Waals surface area contributed by atoms with E-state index in [0.29, 0.717) is 47.4 Å². The average Bonchev–Trinajstić information content (AvgIpc) is 3.06. The first kappa shape index (κ1) is 16.1. The Morgan fingerprint density at radius 2 is 2.04 bits per heavy atom. The lowest BCUT2D eigenvalue weighted by atomic mass is 10.2. The average molecular weight is 356 g/mol. The van der Waals surface area contributed by atoms with Crippen LogP contribution in [-0.4, -0.2) is 40.9 Å². The molecule has 0 atom stereocenters. The number of rotatable bonds is 4. The van der Waals surface area contributed by atoms with Crippen molar-refractivity contribution in [3.05, 3.63) is 29.7 Å². The van der Waals surface area contributed by atoms with Gasteiger partial charge in [0.05, 0.1) is 6.61 Å². The molecule has 1 aromatic carbocycles.